The molecule has 0 radical (unpaired) electrons. The van der Waals surface area contributed by atoms with Gasteiger partial charge in [-0.1, -0.05) is 32.5 Å². The first-order chi connectivity index (χ1) is 14.6. The van der Waals surface area contributed by atoms with Crippen molar-refractivity contribution in [3.63, 3.8) is 0 Å². The fourth-order valence-corrected chi connectivity index (χ4v) is 2.61. The topological polar surface area (TPSA) is 71.5 Å². The number of nitrogens with zero attached hydrogens (tertiary/aromatic N) is 2. The van der Waals surface area contributed by atoms with Crippen molar-refractivity contribution in [2.75, 3.05) is 16.8 Å². The third-order valence-corrected chi connectivity index (χ3v) is 4.18. The summed E-state index contributed by atoms with van der Waals surface area (Å²) in [6.45, 7) is 17.7. The number of amides is 1. The molecular weight excluding hydrogens is 397 g/mol. The molecule has 0 aliphatic carbocycles. The minimum atomic E-state index is -0.373. The van der Waals surface area contributed by atoms with Crippen molar-refractivity contribution in [2.45, 2.75) is 59.6 Å². The number of nitrogens with one attached hydrogen (secondary N) is 1. The van der Waals surface area contributed by atoms with E-state index >= 15 is 0 Å². The molecule has 1 heterocycles. The monoisotopic (exact) mass is 431 g/mol. The molecule has 0 saturated carbocycles. The van der Waals surface area contributed by atoms with E-state index in [1.54, 1.807) is 27.0 Å². The number of carbonyl (C=O) groups excluding carboxylic acids is 2. The van der Waals surface area contributed by atoms with Crippen LogP contribution < -0.4 is 29.1 Å². The quantitative estimate of drug-likeness (QED) is 0.512. The Morgan fingerprint density at radius 1 is 1.31 bits per heavy atom. The van der Waals surface area contributed by atoms with Crippen LogP contribution in [0.4, 0.5) is 11.5 Å². The van der Waals surface area contributed by atoms with Gasteiger partial charge in [0.2, 0.25) is 0 Å². The third-order valence-electron chi connectivity index (χ3n) is 4.18. The van der Waals surface area contributed by atoms with Gasteiger partial charge in [0.05, 0.1) is 17.5 Å². The molecule has 7 heteroatoms. The zero-order valence-corrected chi connectivity index (χ0v) is 20.4. The van der Waals surface area contributed by atoms with Gasteiger partial charge in [-0.2, -0.15) is 6.92 Å². The minimum Gasteiger partial charge on any atom is -0.649 e. The molecule has 6 nitrogen and oxygen atoms in total. The summed E-state index contributed by atoms with van der Waals surface area (Å²) in [5, 5.41) is 2.84. The van der Waals surface area contributed by atoms with E-state index in [0.717, 1.165) is 24.2 Å². The summed E-state index contributed by atoms with van der Waals surface area (Å²) in [6.07, 6.45) is 4.75. The largest absolute Gasteiger partial charge is 1.00 e. The van der Waals surface area contributed by atoms with Crippen molar-refractivity contribution in [3.8, 4) is 0 Å². The summed E-state index contributed by atoms with van der Waals surface area (Å²) in [6, 6.07) is 11.6. The molecule has 170 valence electrons. The first kappa shape index (κ1) is 29.7. The van der Waals surface area contributed by atoms with E-state index in [1.165, 1.54) is 6.47 Å². The van der Waals surface area contributed by atoms with Gasteiger partial charge < -0.3 is 33.1 Å². The van der Waals surface area contributed by atoms with Crippen LogP contribution in [0, 0.1) is 13.3 Å². The maximum atomic E-state index is 12.3. The average molecular weight is 432 g/mol. The Balaban J connectivity index is 0.00000104. The third kappa shape index (κ3) is 10.8. The molecule has 0 bridgehead atoms. The number of pyridine rings is 1. The molecule has 32 heavy (non-hydrogen) atoms. The summed E-state index contributed by atoms with van der Waals surface area (Å²) < 4.78 is 4.42. The van der Waals surface area contributed by atoms with Gasteiger partial charge in [0, 0.05) is 5.56 Å². The molecule has 0 aliphatic rings. The van der Waals surface area contributed by atoms with Crippen molar-refractivity contribution >= 4 is 23.9 Å². The first-order valence-electron chi connectivity index (χ1n) is 10.4. The molecule has 0 aliphatic heterocycles. The summed E-state index contributed by atoms with van der Waals surface area (Å²) in [4.78, 5) is 28.3. The van der Waals surface area contributed by atoms with E-state index in [2.05, 4.69) is 40.2 Å². The van der Waals surface area contributed by atoms with Gasteiger partial charge >= 0.3 is 18.9 Å². The van der Waals surface area contributed by atoms with Crippen LogP contribution in [0.3, 0.4) is 0 Å². The Morgan fingerprint density at radius 2 is 2.00 bits per heavy atom. The maximum absolute atomic E-state index is 12.3. The van der Waals surface area contributed by atoms with Crippen LogP contribution in [-0.4, -0.2) is 35.6 Å². The Morgan fingerprint density at radius 3 is 2.44 bits per heavy atom. The Bertz CT molecular complexity index is 818. The predicted octanol–water partition coefficient (Wildman–Crippen LogP) is 2.02. The van der Waals surface area contributed by atoms with Gasteiger partial charge in [0.1, 0.15) is 5.82 Å². The minimum absolute atomic E-state index is 0. The van der Waals surface area contributed by atoms with E-state index in [0.29, 0.717) is 11.4 Å². The van der Waals surface area contributed by atoms with Gasteiger partial charge in [-0.25, -0.2) is 4.98 Å². The standard InChI is InChI=1S/C20H25N3O.C5H9O2.Li/c1-5-12-23(15(3)4)18-10-11-19(21-14-18)22-20(24)17-9-7-8-16(6-2)13-17;1-5(2,3)7-4-6;/h5,7-11,13-15H,3,6,12H2,1-2,4H3,(H,21,22,24);1-3H3;/q-2;-1;+1/t15-;;/m0../s1. The second kappa shape index (κ2) is 14.7. The summed E-state index contributed by atoms with van der Waals surface area (Å²) >= 11 is 0. The van der Waals surface area contributed by atoms with Gasteiger partial charge in [-0.3, -0.25) is 4.79 Å². The molecule has 1 amide bonds. The normalized spacial score (nSPS) is 11.2. The number of hydrogen-bond donors (Lipinski definition) is 1. The molecule has 0 fully saturated rings. The van der Waals surface area contributed by atoms with Crippen molar-refractivity contribution in [1.29, 1.82) is 0 Å². The van der Waals surface area contributed by atoms with Crippen molar-refractivity contribution in [2.24, 2.45) is 0 Å². The summed E-state index contributed by atoms with van der Waals surface area (Å²) in [5.74, 6) is 0.401. The van der Waals surface area contributed by atoms with Gasteiger partial charge in [0.15, 0.2) is 0 Å². The Hall–Kier alpha value is -2.29. The van der Waals surface area contributed by atoms with Crippen LogP contribution in [0.1, 0.15) is 57.5 Å². The number of carbonyl (C=O) groups is 1. The molecule has 0 unspecified atom stereocenters. The maximum Gasteiger partial charge on any atom is 1.00 e. The van der Waals surface area contributed by atoms with E-state index in [1.807, 2.05) is 50.2 Å². The zero-order chi connectivity index (χ0) is 23.4. The van der Waals surface area contributed by atoms with Crippen LogP contribution in [-0.2, 0) is 16.0 Å². The smallest absolute Gasteiger partial charge is 0.649 e. The molecule has 0 spiro atoms. The Kier molecular flexibility index (Phi) is 13.7. The van der Waals surface area contributed by atoms with E-state index in [9.17, 15) is 9.59 Å². The van der Waals surface area contributed by atoms with Crippen LogP contribution in [0.15, 0.2) is 42.6 Å². The van der Waals surface area contributed by atoms with Crippen molar-refractivity contribution < 1.29 is 33.2 Å². The van der Waals surface area contributed by atoms with Crippen molar-refractivity contribution in [3.05, 3.63) is 67.1 Å². The molecule has 2 rings (SSSR count). The van der Waals surface area contributed by atoms with Crippen LogP contribution in [0.5, 0.6) is 0 Å². The SMILES string of the molecule is CC(C)(C)O[C-]=O.[CH2-][C@@H](C)N(C[CH-]C)c1ccc(NC(=O)c2cccc(CC)c2)nc1.[Li+]. The number of anilines is 2. The number of aryl methyl sites for hydroxylation is 1. The molecule has 1 atom stereocenters. The van der Waals surface area contributed by atoms with E-state index < -0.39 is 0 Å². The van der Waals surface area contributed by atoms with Crippen LogP contribution in [0.2, 0.25) is 0 Å². The number of ether oxygens (including phenoxy) is 1. The van der Waals surface area contributed by atoms with E-state index in [4.69, 9.17) is 0 Å². The second-order valence-corrected chi connectivity index (χ2v) is 8.12. The molecule has 1 aromatic carbocycles. The van der Waals surface area contributed by atoms with Crippen molar-refractivity contribution in [1.82, 2.24) is 4.98 Å². The average Bonchev–Trinajstić information content (AvgIpc) is 2.72. The first-order valence-corrected chi connectivity index (χ1v) is 10.4. The molecule has 1 aromatic heterocycles. The Labute approximate surface area is 205 Å². The van der Waals surface area contributed by atoms with Crippen LogP contribution >= 0.6 is 0 Å². The number of rotatable bonds is 8. The van der Waals surface area contributed by atoms with E-state index in [-0.39, 0.29) is 36.4 Å². The predicted molar refractivity (Wildman–Crippen MR) is 127 cm³/mol. The number of benzene rings is 1. The van der Waals surface area contributed by atoms with Gasteiger partial charge in [-0.15, -0.1) is 12.6 Å². The molecule has 1 N–H and O–H groups in total. The number of aromatic nitrogens is 1. The van der Waals surface area contributed by atoms with Crippen LogP contribution in [0.25, 0.3) is 0 Å². The fourth-order valence-electron chi connectivity index (χ4n) is 2.61. The van der Waals surface area contributed by atoms with Gasteiger partial charge in [-0.05, 0) is 57.0 Å². The number of hydrogen-bond acceptors (Lipinski definition) is 5. The molecule has 0 saturated heterocycles. The zero-order valence-electron chi connectivity index (χ0n) is 20.4. The second-order valence-electron chi connectivity index (χ2n) is 8.12. The molecule has 2 aromatic rings. The molecular formula is C25H34LiN3O3-2. The van der Waals surface area contributed by atoms with Gasteiger partial charge in [0.25, 0.3) is 5.91 Å². The fraction of sp³-hybridized carbons (Fsp3) is 0.400. The summed E-state index contributed by atoms with van der Waals surface area (Å²) in [5.41, 5.74) is 2.40. The summed E-state index contributed by atoms with van der Waals surface area (Å²) in [7, 11) is 0.